The van der Waals surface area contributed by atoms with Gasteiger partial charge in [-0.05, 0) is 68.0 Å². The fraction of sp³-hybridized carbons (Fsp3) is 0.440. The molecular formula is C25H31N3O3. The second-order valence-corrected chi connectivity index (χ2v) is 8.59. The minimum atomic E-state index is -0.224. The molecule has 2 aliphatic heterocycles. The van der Waals surface area contributed by atoms with E-state index in [1.807, 2.05) is 23.1 Å². The summed E-state index contributed by atoms with van der Waals surface area (Å²) in [5.41, 5.74) is 2.80. The van der Waals surface area contributed by atoms with Crippen molar-refractivity contribution in [3.8, 4) is 5.75 Å². The molecule has 0 atom stereocenters. The van der Waals surface area contributed by atoms with Crippen molar-refractivity contribution in [3.63, 3.8) is 0 Å². The summed E-state index contributed by atoms with van der Waals surface area (Å²) in [5.74, 6) is 1.18. The number of nitrogens with zero attached hydrogens (tertiary/aromatic N) is 2. The summed E-state index contributed by atoms with van der Waals surface area (Å²) in [6, 6.07) is 12.8. The maximum atomic E-state index is 13.3. The van der Waals surface area contributed by atoms with Gasteiger partial charge in [0.1, 0.15) is 5.75 Å². The summed E-state index contributed by atoms with van der Waals surface area (Å²) in [6.45, 7) is 5.80. The third kappa shape index (κ3) is 4.84. The van der Waals surface area contributed by atoms with Gasteiger partial charge in [0.15, 0.2) is 0 Å². The highest BCUT2D eigenvalue weighted by Crippen LogP contribution is 2.30. The van der Waals surface area contributed by atoms with E-state index in [0.717, 1.165) is 63.5 Å². The van der Waals surface area contributed by atoms with E-state index < -0.39 is 0 Å². The lowest BCUT2D eigenvalue weighted by Gasteiger charge is -2.34. The van der Waals surface area contributed by atoms with Gasteiger partial charge in [-0.15, -0.1) is 0 Å². The van der Waals surface area contributed by atoms with Gasteiger partial charge in [0.05, 0.1) is 12.7 Å². The number of likely N-dealkylation sites (tertiary alicyclic amines) is 1. The van der Waals surface area contributed by atoms with Crippen LogP contribution in [0.5, 0.6) is 5.75 Å². The van der Waals surface area contributed by atoms with Crippen molar-refractivity contribution in [1.29, 1.82) is 0 Å². The minimum Gasteiger partial charge on any atom is -0.497 e. The zero-order valence-electron chi connectivity index (χ0n) is 18.4. The summed E-state index contributed by atoms with van der Waals surface area (Å²) >= 11 is 0. The molecule has 2 heterocycles. The van der Waals surface area contributed by atoms with Gasteiger partial charge in [0.2, 0.25) is 0 Å². The normalized spacial score (nSPS) is 17.0. The molecule has 2 aliphatic rings. The van der Waals surface area contributed by atoms with E-state index in [2.05, 4.69) is 17.1 Å². The second kappa shape index (κ2) is 9.41. The molecule has 4 rings (SSSR count). The van der Waals surface area contributed by atoms with E-state index in [-0.39, 0.29) is 11.8 Å². The molecule has 2 amide bonds. The van der Waals surface area contributed by atoms with Gasteiger partial charge in [-0.25, -0.2) is 0 Å². The first-order chi connectivity index (χ1) is 15.0. The van der Waals surface area contributed by atoms with E-state index in [1.165, 1.54) is 0 Å². The van der Waals surface area contributed by atoms with Gasteiger partial charge < -0.3 is 19.9 Å². The highest BCUT2D eigenvalue weighted by molar-refractivity contribution is 6.06. The number of hydrogen-bond donors (Lipinski definition) is 1. The first kappa shape index (κ1) is 21.2. The largest absolute Gasteiger partial charge is 0.497 e. The topological polar surface area (TPSA) is 61.9 Å². The van der Waals surface area contributed by atoms with Gasteiger partial charge in [0, 0.05) is 43.1 Å². The first-order valence-electron chi connectivity index (χ1n) is 11.2. The van der Waals surface area contributed by atoms with Crippen LogP contribution in [0.2, 0.25) is 0 Å². The predicted octanol–water partition coefficient (Wildman–Crippen LogP) is 4.42. The molecule has 0 saturated carbocycles. The van der Waals surface area contributed by atoms with Crippen LogP contribution in [-0.2, 0) is 0 Å². The fourth-order valence-electron chi connectivity index (χ4n) is 4.37. The van der Waals surface area contributed by atoms with Crippen LogP contribution in [0.25, 0.3) is 0 Å². The SMILES string of the molecule is COc1cccc(C(=O)Nc2ccc(N3CCC(C)CC3)c(C(=O)N3CCCC3)c2)c1. The maximum absolute atomic E-state index is 13.3. The number of piperidine rings is 1. The molecule has 0 aliphatic carbocycles. The van der Waals surface area contributed by atoms with Crippen LogP contribution in [-0.4, -0.2) is 50.0 Å². The Bertz CT molecular complexity index is 945. The van der Waals surface area contributed by atoms with Crippen LogP contribution in [0.1, 0.15) is 53.3 Å². The minimum absolute atomic E-state index is 0.0589. The van der Waals surface area contributed by atoms with Gasteiger partial charge in [-0.2, -0.15) is 0 Å². The molecule has 2 aromatic rings. The average molecular weight is 422 g/mol. The molecule has 0 bridgehead atoms. The lowest BCUT2D eigenvalue weighted by atomic mass is 9.97. The lowest BCUT2D eigenvalue weighted by molar-refractivity contribution is 0.0793. The van der Waals surface area contributed by atoms with E-state index in [4.69, 9.17) is 4.74 Å². The Morgan fingerprint density at radius 3 is 2.45 bits per heavy atom. The Labute approximate surface area is 184 Å². The van der Waals surface area contributed by atoms with Crippen LogP contribution < -0.4 is 15.0 Å². The van der Waals surface area contributed by atoms with E-state index in [0.29, 0.717) is 22.6 Å². The van der Waals surface area contributed by atoms with Crippen molar-refractivity contribution in [1.82, 2.24) is 4.90 Å². The molecule has 2 saturated heterocycles. The summed E-state index contributed by atoms with van der Waals surface area (Å²) in [4.78, 5) is 30.4. The Balaban J connectivity index is 1.60. The zero-order valence-corrected chi connectivity index (χ0v) is 18.4. The number of rotatable bonds is 5. The van der Waals surface area contributed by atoms with Crippen LogP contribution in [0, 0.1) is 5.92 Å². The summed E-state index contributed by atoms with van der Waals surface area (Å²) in [5, 5.41) is 2.95. The number of anilines is 2. The molecule has 2 fully saturated rings. The third-order valence-corrected chi connectivity index (χ3v) is 6.33. The molecule has 0 unspecified atom stereocenters. The predicted molar refractivity (Wildman–Crippen MR) is 123 cm³/mol. The van der Waals surface area contributed by atoms with Crippen molar-refractivity contribution in [2.45, 2.75) is 32.6 Å². The molecule has 0 aromatic heterocycles. The van der Waals surface area contributed by atoms with E-state index >= 15 is 0 Å². The Morgan fingerprint density at radius 2 is 1.74 bits per heavy atom. The number of amides is 2. The fourth-order valence-corrected chi connectivity index (χ4v) is 4.37. The molecule has 6 heteroatoms. The van der Waals surface area contributed by atoms with Gasteiger partial charge in [0.25, 0.3) is 11.8 Å². The van der Waals surface area contributed by atoms with Crippen molar-refractivity contribution < 1.29 is 14.3 Å². The summed E-state index contributed by atoms with van der Waals surface area (Å²) in [7, 11) is 1.58. The summed E-state index contributed by atoms with van der Waals surface area (Å²) < 4.78 is 5.22. The zero-order chi connectivity index (χ0) is 21.8. The first-order valence-corrected chi connectivity index (χ1v) is 11.2. The molecule has 2 aromatic carbocycles. The van der Waals surface area contributed by atoms with Crippen LogP contribution in [0.4, 0.5) is 11.4 Å². The highest BCUT2D eigenvalue weighted by atomic mass is 16.5. The molecular weight excluding hydrogens is 390 g/mol. The Hall–Kier alpha value is -3.02. The van der Waals surface area contributed by atoms with Crippen molar-refractivity contribution in [2.24, 2.45) is 5.92 Å². The number of ether oxygens (including phenoxy) is 1. The van der Waals surface area contributed by atoms with Crippen LogP contribution in [0.15, 0.2) is 42.5 Å². The number of nitrogens with one attached hydrogen (secondary N) is 1. The quantitative estimate of drug-likeness (QED) is 0.776. The highest BCUT2D eigenvalue weighted by Gasteiger charge is 2.26. The average Bonchev–Trinajstić information content (AvgIpc) is 3.34. The Morgan fingerprint density at radius 1 is 1.00 bits per heavy atom. The number of benzene rings is 2. The van der Waals surface area contributed by atoms with Crippen molar-refractivity contribution in [3.05, 3.63) is 53.6 Å². The smallest absolute Gasteiger partial charge is 0.256 e. The monoisotopic (exact) mass is 421 g/mol. The number of carbonyl (C=O) groups excluding carboxylic acids is 2. The number of carbonyl (C=O) groups is 2. The van der Waals surface area contributed by atoms with Gasteiger partial charge in [-0.3, -0.25) is 9.59 Å². The van der Waals surface area contributed by atoms with E-state index in [9.17, 15) is 9.59 Å². The van der Waals surface area contributed by atoms with Gasteiger partial charge in [-0.1, -0.05) is 13.0 Å². The van der Waals surface area contributed by atoms with Crippen LogP contribution in [0.3, 0.4) is 0 Å². The lowest BCUT2D eigenvalue weighted by Crippen LogP contribution is -2.35. The van der Waals surface area contributed by atoms with E-state index in [1.54, 1.807) is 31.4 Å². The third-order valence-electron chi connectivity index (χ3n) is 6.33. The molecule has 0 radical (unpaired) electrons. The van der Waals surface area contributed by atoms with Gasteiger partial charge >= 0.3 is 0 Å². The number of hydrogen-bond acceptors (Lipinski definition) is 4. The van der Waals surface area contributed by atoms with Crippen molar-refractivity contribution in [2.75, 3.05) is 43.5 Å². The van der Waals surface area contributed by atoms with Crippen molar-refractivity contribution >= 4 is 23.2 Å². The molecule has 1 N–H and O–H groups in total. The summed E-state index contributed by atoms with van der Waals surface area (Å²) in [6.07, 6.45) is 4.36. The number of methoxy groups -OCH3 is 1. The molecule has 0 spiro atoms. The molecule has 164 valence electrons. The standard InChI is InChI=1S/C25H31N3O3/c1-18-10-14-27(15-11-18)23-9-8-20(17-22(23)25(30)28-12-3-4-13-28)26-24(29)19-6-5-7-21(16-19)31-2/h5-9,16-18H,3-4,10-15H2,1-2H3,(H,26,29). The second-order valence-electron chi connectivity index (χ2n) is 8.59. The maximum Gasteiger partial charge on any atom is 0.256 e. The molecule has 6 nitrogen and oxygen atoms in total. The van der Waals surface area contributed by atoms with Crippen LogP contribution >= 0.6 is 0 Å². The molecule has 31 heavy (non-hydrogen) atoms. The Kier molecular flexibility index (Phi) is 6.44.